The van der Waals surface area contributed by atoms with Gasteiger partial charge in [0.25, 0.3) is 11.1 Å². The van der Waals surface area contributed by atoms with E-state index in [1.54, 1.807) is 41.6 Å². The number of aromatic nitrogens is 4. The standard InChI is InChI=1S/C11H17N3O5.C10H14IN2O10P/c1-13(2)9-4-8(17)12-11(18)14(9)10-3-6(16)7(5-15)19-10;11-5-1-6(15)12-9(18)13(5)10(3-14)8(17)7(16)4(23-10)2-22-24(19,20)21/h4,6-7,10,15-16H,3,5H2,1-2H3,(H,12,17,18);1,4,7-8,14,16-17H,2-3H2,(H,12,15,18)(H2,19,20,21)/t6-,7+,10+;4-,7-,8-,10-/m01/s1. The molecule has 0 aromatic carbocycles. The summed E-state index contributed by atoms with van der Waals surface area (Å²) in [4.78, 5) is 69.7. The Bertz CT molecular complexity index is 1570. The maximum atomic E-state index is 12.1. The lowest BCUT2D eigenvalue weighted by molar-refractivity contribution is -0.174. The highest BCUT2D eigenvalue weighted by atomic mass is 127. The lowest BCUT2D eigenvalue weighted by Gasteiger charge is -2.32. The molecule has 2 fully saturated rings. The van der Waals surface area contributed by atoms with Gasteiger partial charge in [-0.05, 0) is 22.6 Å². The lowest BCUT2D eigenvalue weighted by atomic mass is 10.0. The highest BCUT2D eigenvalue weighted by Gasteiger charge is 2.57. The van der Waals surface area contributed by atoms with Gasteiger partial charge in [-0.15, -0.1) is 0 Å². The van der Waals surface area contributed by atoms with Crippen molar-refractivity contribution in [2.45, 2.75) is 48.9 Å². The van der Waals surface area contributed by atoms with E-state index in [4.69, 9.17) is 24.4 Å². The number of H-pyrrole nitrogens is 2. The van der Waals surface area contributed by atoms with Gasteiger partial charge in [0.05, 0.1) is 29.6 Å². The van der Waals surface area contributed by atoms with Crippen LogP contribution >= 0.6 is 30.4 Å². The molecule has 4 rings (SSSR count). The molecule has 7 atom stereocenters. The molecule has 0 bridgehead atoms. The summed E-state index contributed by atoms with van der Waals surface area (Å²) in [5.41, 5.74) is -5.00. The average molecular weight is 751 g/mol. The summed E-state index contributed by atoms with van der Waals surface area (Å²) in [5.74, 6) is 0.379. The Kier molecular flexibility index (Phi) is 11.3. The van der Waals surface area contributed by atoms with Crippen LogP contribution in [0.1, 0.15) is 12.6 Å². The van der Waals surface area contributed by atoms with Gasteiger partial charge in [0, 0.05) is 32.6 Å². The Balaban J connectivity index is 0.000000242. The number of nitrogens with zero attached hydrogens (tertiary/aromatic N) is 3. The third-order valence-corrected chi connectivity index (χ3v) is 7.80. The molecule has 0 spiro atoms. The van der Waals surface area contributed by atoms with Gasteiger partial charge >= 0.3 is 19.2 Å². The average Bonchev–Trinajstić information content (AvgIpc) is 3.38. The van der Waals surface area contributed by atoms with Crippen molar-refractivity contribution in [1.29, 1.82) is 0 Å². The van der Waals surface area contributed by atoms with E-state index in [0.717, 1.165) is 10.6 Å². The molecule has 2 aromatic heterocycles. The third-order valence-electron chi connectivity index (χ3n) is 6.52. The Morgan fingerprint density at radius 2 is 1.67 bits per heavy atom. The molecular formula is C21H31IN5O15P. The van der Waals surface area contributed by atoms with E-state index in [1.165, 1.54) is 10.6 Å². The second-order valence-corrected chi connectivity index (χ2v) is 12.0. The number of nitrogens with one attached hydrogen (secondary N) is 2. The van der Waals surface area contributed by atoms with Crippen molar-refractivity contribution >= 4 is 36.2 Å². The van der Waals surface area contributed by atoms with Gasteiger partial charge in [0.2, 0.25) is 5.72 Å². The van der Waals surface area contributed by atoms with E-state index in [0.29, 0.717) is 5.82 Å². The van der Waals surface area contributed by atoms with Crippen LogP contribution in [-0.2, 0) is 24.3 Å². The van der Waals surface area contributed by atoms with Crippen LogP contribution in [0, 0.1) is 3.70 Å². The molecule has 2 aromatic rings. The third kappa shape index (κ3) is 7.69. The monoisotopic (exact) mass is 751 g/mol. The number of phosphoric acid groups is 1. The van der Waals surface area contributed by atoms with Crippen molar-refractivity contribution < 1.29 is 53.9 Å². The minimum absolute atomic E-state index is 0.00166. The second kappa shape index (κ2) is 13.8. The van der Waals surface area contributed by atoms with Crippen molar-refractivity contribution in [3.63, 3.8) is 0 Å². The summed E-state index contributed by atoms with van der Waals surface area (Å²) in [7, 11) is -1.48. The van der Waals surface area contributed by atoms with Crippen molar-refractivity contribution in [1.82, 2.24) is 19.1 Å². The first kappa shape index (κ1) is 35.2. The topological polar surface area (TPSA) is 299 Å². The normalized spacial score (nSPS) is 28.9. The number of anilines is 1. The fraction of sp³-hybridized carbons (Fsp3) is 0.619. The molecule has 242 valence electrons. The molecule has 0 aliphatic carbocycles. The fourth-order valence-electron chi connectivity index (χ4n) is 4.53. The molecule has 0 amide bonds. The van der Waals surface area contributed by atoms with Crippen LogP contribution < -0.4 is 27.4 Å². The number of halogens is 1. The van der Waals surface area contributed by atoms with E-state index in [9.17, 15) is 44.2 Å². The molecule has 4 heterocycles. The van der Waals surface area contributed by atoms with Gasteiger partial charge in [0.1, 0.15) is 36.5 Å². The quantitative estimate of drug-likeness (QED) is 0.0695. The predicted octanol–water partition coefficient (Wildman–Crippen LogP) is -4.74. The number of phosphoric ester groups is 1. The molecule has 0 unspecified atom stereocenters. The van der Waals surface area contributed by atoms with Crippen LogP contribution in [0.15, 0.2) is 31.3 Å². The van der Waals surface area contributed by atoms with Crippen LogP contribution in [0.4, 0.5) is 5.82 Å². The first-order valence-corrected chi connectivity index (χ1v) is 14.9. The first-order chi connectivity index (χ1) is 19.9. The molecule has 2 saturated heterocycles. The molecule has 20 nitrogen and oxygen atoms in total. The number of ether oxygens (including phenoxy) is 2. The van der Waals surface area contributed by atoms with Crippen molar-refractivity contribution in [3.05, 3.63) is 57.5 Å². The smallest absolute Gasteiger partial charge is 0.394 e. The van der Waals surface area contributed by atoms with Gasteiger partial charge in [-0.2, -0.15) is 0 Å². The molecule has 0 radical (unpaired) electrons. The van der Waals surface area contributed by atoms with Gasteiger partial charge in [-0.1, -0.05) is 0 Å². The van der Waals surface area contributed by atoms with Crippen molar-refractivity contribution in [2.75, 3.05) is 38.8 Å². The molecule has 9 N–H and O–H groups in total. The first-order valence-electron chi connectivity index (χ1n) is 12.3. The van der Waals surface area contributed by atoms with Crippen molar-refractivity contribution in [3.8, 4) is 0 Å². The zero-order chi connectivity index (χ0) is 32.4. The summed E-state index contributed by atoms with van der Waals surface area (Å²) in [5, 5.41) is 48.7. The Labute approximate surface area is 254 Å². The maximum absolute atomic E-state index is 12.1. The summed E-state index contributed by atoms with van der Waals surface area (Å²) in [6, 6.07) is 2.28. The molecule has 2 aliphatic rings. The zero-order valence-electron chi connectivity index (χ0n) is 22.5. The van der Waals surface area contributed by atoms with E-state index in [-0.39, 0.29) is 16.7 Å². The van der Waals surface area contributed by atoms with E-state index < -0.39 is 86.0 Å². The Hall–Kier alpha value is -2.28. The SMILES string of the molecule is CN(C)c1cc(=O)[nH]c(=O)n1[C@H]1C[C@H](O)[C@@H](CO)O1.O=c1cc(I)n([C@]2(CO)O[C@H](COP(=O)(O)O)[C@@H](O)[C@H]2O)c(=O)[nH]1. The van der Waals surface area contributed by atoms with Crippen molar-refractivity contribution in [2.24, 2.45) is 0 Å². The van der Waals surface area contributed by atoms with E-state index >= 15 is 0 Å². The summed E-state index contributed by atoms with van der Waals surface area (Å²) < 4.78 is 27.7. The highest BCUT2D eigenvalue weighted by Crippen LogP contribution is 2.40. The molecule has 43 heavy (non-hydrogen) atoms. The van der Waals surface area contributed by atoms with Crippen LogP contribution in [0.5, 0.6) is 0 Å². The fourth-order valence-corrected chi connectivity index (χ4v) is 5.79. The van der Waals surface area contributed by atoms with E-state index in [2.05, 4.69) is 9.51 Å². The van der Waals surface area contributed by atoms with Gasteiger partial charge < -0.3 is 49.7 Å². The number of aliphatic hydroxyl groups excluding tert-OH is 5. The van der Waals surface area contributed by atoms with Gasteiger partial charge in [0.15, 0.2) is 0 Å². The Morgan fingerprint density at radius 3 is 2.19 bits per heavy atom. The van der Waals surface area contributed by atoms with Crippen LogP contribution in [-0.4, -0.2) is 119 Å². The molecular weight excluding hydrogens is 720 g/mol. The number of hydrogen-bond acceptors (Lipinski definition) is 14. The van der Waals surface area contributed by atoms with Gasteiger partial charge in [-0.25, -0.2) is 14.2 Å². The van der Waals surface area contributed by atoms with Crippen LogP contribution in [0.3, 0.4) is 0 Å². The largest absolute Gasteiger partial charge is 0.469 e. The summed E-state index contributed by atoms with van der Waals surface area (Å²) >= 11 is 1.60. The minimum Gasteiger partial charge on any atom is -0.394 e. The number of rotatable bonds is 8. The number of aromatic amines is 2. The minimum atomic E-state index is -4.87. The lowest BCUT2D eigenvalue weighted by Crippen LogP contribution is -2.55. The van der Waals surface area contributed by atoms with Crippen LogP contribution in [0.25, 0.3) is 0 Å². The molecule has 2 aliphatic heterocycles. The van der Waals surface area contributed by atoms with Gasteiger partial charge in [-0.3, -0.25) is 33.2 Å². The summed E-state index contributed by atoms with van der Waals surface area (Å²) in [6.45, 7) is -2.11. The number of hydrogen-bond donors (Lipinski definition) is 9. The molecule has 22 heteroatoms. The molecule has 0 saturated carbocycles. The summed E-state index contributed by atoms with van der Waals surface area (Å²) in [6.07, 6.45) is -7.12. The van der Waals surface area contributed by atoms with E-state index in [1.807, 2.05) is 4.98 Å². The maximum Gasteiger partial charge on any atom is 0.469 e. The number of aliphatic hydroxyl groups is 5. The zero-order valence-corrected chi connectivity index (χ0v) is 25.6. The van der Waals surface area contributed by atoms with Crippen LogP contribution in [0.2, 0.25) is 0 Å². The highest BCUT2D eigenvalue weighted by molar-refractivity contribution is 14.1. The second-order valence-electron chi connectivity index (χ2n) is 9.65. The predicted molar refractivity (Wildman–Crippen MR) is 151 cm³/mol. The Morgan fingerprint density at radius 1 is 1.07 bits per heavy atom.